The third kappa shape index (κ3) is 2.20. The van der Waals surface area contributed by atoms with E-state index in [1.807, 2.05) is 30.3 Å². The fraction of sp³-hybridized carbons (Fsp3) is 0.273. The van der Waals surface area contributed by atoms with Gasteiger partial charge in [0.05, 0.1) is 6.61 Å². The van der Waals surface area contributed by atoms with Crippen LogP contribution in [0.25, 0.3) is 0 Å². The fourth-order valence-electron chi connectivity index (χ4n) is 1.25. The zero-order chi connectivity index (χ0) is 11.4. The average Bonchev–Trinajstić information content (AvgIpc) is 2.80. The lowest BCUT2D eigenvalue weighted by Crippen LogP contribution is -2.20. The Morgan fingerprint density at radius 3 is 2.88 bits per heavy atom. The van der Waals surface area contributed by atoms with Gasteiger partial charge in [-0.25, -0.2) is 9.79 Å². The monoisotopic (exact) mass is 221 g/mol. The van der Waals surface area contributed by atoms with Crippen LogP contribution in [-0.4, -0.2) is 24.7 Å². The molecule has 1 aliphatic heterocycles. The molecule has 1 heterocycles. The van der Waals surface area contributed by atoms with E-state index in [4.69, 9.17) is 14.5 Å². The van der Waals surface area contributed by atoms with Gasteiger partial charge in [-0.15, -0.1) is 4.89 Å². The average molecular weight is 221 g/mol. The summed E-state index contributed by atoms with van der Waals surface area (Å²) in [6.07, 6.45) is -1.02. The predicted molar refractivity (Wildman–Crippen MR) is 55.6 cm³/mol. The van der Waals surface area contributed by atoms with Crippen molar-refractivity contribution in [3.05, 3.63) is 35.9 Å². The van der Waals surface area contributed by atoms with Crippen LogP contribution in [0, 0.1) is 0 Å². The van der Waals surface area contributed by atoms with Crippen molar-refractivity contribution in [3.63, 3.8) is 0 Å². The van der Waals surface area contributed by atoms with E-state index >= 15 is 0 Å². The van der Waals surface area contributed by atoms with E-state index in [9.17, 15) is 4.79 Å². The molecule has 5 heteroatoms. The van der Waals surface area contributed by atoms with Gasteiger partial charge in [-0.1, -0.05) is 18.2 Å². The molecule has 0 amide bonds. The fourth-order valence-corrected chi connectivity index (χ4v) is 1.25. The summed E-state index contributed by atoms with van der Waals surface area (Å²) in [5.41, 5.74) is 0.759. The number of carbonyl (C=O) groups excluding carboxylic acids is 1. The highest BCUT2D eigenvalue weighted by atomic mass is 17.2. The summed E-state index contributed by atoms with van der Waals surface area (Å²) in [6, 6.07) is 9.20. The van der Waals surface area contributed by atoms with Crippen molar-refractivity contribution in [1.29, 1.82) is 0 Å². The van der Waals surface area contributed by atoms with Crippen LogP contribution in [0.4, 0.5) is 0 Å². The number of hydrogen-bond acceptors (Lipinski definition) is 5. The van der Waals surface area contributed by atoms with E-state index in [2.05, 4.69) is 4.99 Å². The molecule has 0 bridgehead atoms. The molecule has 84 valence electrons. The van der Waals surface area contributed by atoms with Gasteiger partial charge in [0, 0.05) is 5.56 Å². The van der Waals surface area contributed by atoms with Crippen molar-refractivity contribution >= 4 is 11.9 Å². The molecule has 0 aromatic heterocycles. The van der Waals surface area contributed by atoms with Crippen molar-refractivity contribution in [2.75, 3.05) is 6.61 Å². The summed E-state index contributed by atoms with van der Waals surface area (Å²) >= 11 is 0. The van der Waals surface area contributed by atoms with Gasteiger partial charge in [0.15, 0.2) is 0 Å². The van der Waals surface area contributed by atoms with Gasteiger partial charge in [0.1, 0.15) is 0 Å². The van der Waals surface area contributed by atoms with Crippen molar-refractivity contribution in [2.24, 2.45) is 4.99 Å². The molecule has 1 unspecified atom stereocenters. The van der Waals surface area contributed by atoms with Gasteiger partial charge >= 0.3 is 5.97 Å². The Labute approximate surface area is 92.6 Å². The maximum absolute atomic E-state index is 11.3. The molecular weight excluding hydrogens is 210 g/mol. The molecule has 1 aromatic rings. The number of rotatable bonds is 3. The summed E-state index contributed by atoms with van der Waals surface area (Å²) < 4.78 is 4.76. The molecule has 1 aromatic carbocycles. The minimum absolute atomic E-state index is 0.287. The second-order valence-electron chi connectivity index (χ2n) is 3.08. The Bertz CT molecular complexity index is 402. The van der Waals surface area contributed by atoms with Gasteiger partial charge in [0.2, 0.25) is 0 Å². The van der Waals surface area contributed by atoms with Gasteiger partial charge in [0.25, 0.3) is 12.1 Å². The number of aliphatic imine (C=N–C) groups is 1. The van der Waals surface area contributed by atoms with Gasteiger partial charge in [-0.05, 0) is 19.1 Å². The summed E-state index contributed by atoms with van der Waals surface area (Å²) in [7, 11) is 0. The Morgan fingerprint density at radius 2 is 2.19 bits per heavy atom. The van der Waals surface area contributed by atoms with Crippen LogP contribution in [0.2, 0.25) is 0 Å². The molecule has 2 rings (SSSR count). The molecule has 0 saturated heterocycles. The molecule has 1 aliphatic rings. The number of ether oxygens (including phenoxy) is 1. The summed E-state index contributed by atoms with van der Waals surface area (Å²) in [4.78, 5) is 24.9. The number of hydrogen-bond donors (Lipinski definition) is 0. The lowest BCUT2D eigenvalue weighted by Gasteiger charge is -2.02. The lowest BCUT2D eigenvalue weighted by atomic mass is 10.2. The third-order valence-electron chi connectivity index (χ3n) is 1.96. The topological polar surface area (TPSA) is 57.1 Å². The maximum Gasteiger partial charge on any atom is 0.362 e. The van der Waals surface area contributed by atoms with Crippen LogP contribution in [0.5, 0.6) is 0 Å². The second-order valence-corrected chi connectivity index (χ2v) is 3.08. The predicted octanol–water partition coefficient (Wildman–Crippen LogP) is 1.28. The molecular formula is C11H11NO4. The van der Waals surface area contributed by atoms with Gasteiger partial charge in [-0.2, -0.15) is 0 Å². The number of esters is 1. The zero-order valence-corrected chi connectivity index (χ0v) is 8.75. The molecule has 0 radical (unpaired) electrons. The highest BCUT2D eigenvalue weighted by molar-refractivity contribution is 5.96. The lowest BCUT2D eigenvalue weighted by molar-refractivity contribution is -0.240. The molecule has 0 fully saturated rings. The normalized spacial score (nSPS) is 18.8. The van der Waals surface area contributed by atoms with E-state index < -0.39 is 12.2 Å². The minimum atomic E-state index is -1.02. The number of benzene rings is 1. The van der Waals surface area contributed by atoms with E-state index in [0.29, 0.717) is 5.90 Å². The molecule has 1 atom stereocenters. The molecule has 5 nitrogen and oxygen atoms in total. The van der Waals surface area contributed by atoms with Gasteiger partial charge < -0.3 is 9.62 Å². The first-order chi connectivity index (χ1) is 7.81. The summed E-state index contributed by atoms with van der Waals surface area (Å²) in [5.74, 6) is -0.257. The third-order valence-corrected chi connectivity index (χ3v) is 1.96. The van der Waals surface area contributed by atoms with E-state index in [-0.39, 0.29) is 6.61 Å². The first-order valence-corrected chi connectivity index (χ1v) is 4.94. The van der Waals surface area contributed by atoms with Crippen LogP contribution in [0.1, 0.15) is 12.5 Å². The molecule has 0 aliphatic carbocycles. The quantitative estimate of drug-likeness (QED) is 0.570. The minimum Gasteiger partial charge on any atom is -0.462 e. The van der Waals surface area contributed by atoms with Crippen molar-refractivity contribution in [2.45, 2.75) is 13.2 Å². The highest BCUT2D eigenvalue weighted by Crippen LogP contribution is 2.14. The van der Waals surface area contributed by atoms with Crippen LogP contribution in [0.3, 0.4) is 0 Å². The van der Waals surface area contributed by atoms with Gasteiger partial charge in [-0.3, -0.25) is 0 Å². The first kappa shape index (κ1) is 10.6. The van der Waals surface area contributed by atoms with Crippen LogP contribution in [-0.2, 0) is 19.3 Å². The molecule has 0 saturated carbocycles. The highest BCUT2D eigenvalue weighted by Gasteiger charge is 2.29. The first-order valence-electron chi connectivity index (χ1n) is 4.94. The Hall–Kier alpha value is -1.88. The van der Waals surface area contributed by atoms with E-state index in [0.717, 1.165) is 5.56 Å². The van der Waals surface area contributed by atoms with Crippen LogP contribution >= 0.6 is 0 Å². The Balaban J connectivity index is 2.09. The van der Waals surface area contributed by atoms with Crippen molar-refractivity contribution in [3.8, 4) is 0 Å². The van der Waals surface area contributed by atoms with Crippen LogP contribution < -0.4 is 0 Å². The Kier molecular flexibility index (Phi) is 3.16. The summed E-state index contributed by atoms with van der Waals surface area (Å²) in [5, 5.41) is 0. The van der Waals surface area contributed by atoms with E-state index in [1.165, 1.54) is 0 Å². The molecule has 0 spiro atoms. The molecule has 0 N–H and O–H groups in total. The largest absolute Gasteiger partial charge is 0.462 e. The SMILES string of the molecule is CCOC(=O)C1N=C(c2ccccc2)OO1. The van der Waals surface area contributed by atoms with Crippen molar-refractivity contribution in [1.82, 2.24) is 0 Å². The van der Waals surface area contributed by atoms with Crippen LogP contribution in [0.15, 0.2) is 35.3 Å². The molecule has 16 heavy (non-hydrogen) atoms. The standard InChI is InChI=1S/C11H11NO4/c1-2-14-11(13)10-12-9(15-16-10)8-6-4-3-5-7-8/h3-7,10H,2H2,1H3. The Morgan fingerprint density at radius 1 is 1.44 bits per heavy atom. The number of carbonyl (C=O) groups is 1. The summed E-state index contributed by atoms with van der Waals surface area (Å²) in [6.45, 7) is 2.00. The van der Waals surface area contributed by atoms with Crippen molar-refractivity contribution < 1.29 is 19.3 Å². The zero-order valence-electron chi connectivity index (χ0n) is 8.75. The second kappa shape index (κ2) is 4.76. The number of nitrogens with zero attached hydrogens (tertiary/aromatic N) is 1. The smallest absolute Gasteiger partial charge is 0.362 e. The maximum atomic E-state index is 11.3. The van der Waals surface area contributed by atoms with E-state index in [1.54, 1.807) is 6.92 Å².